The molecule has 0 unspecified atom stereocenters. The van der Waals surface area contributed by atoms with E-state index in [4.69, 9.17) is 0 Å². The maximum Gasteiger partial charge on any atom is 0.252 e. The minimum Gasteiger partial charge on any atom is -0.301 e. The van der Waals surface area contributed by atoms with E-state index in [0.29, 0.717) is 17.3 Å². The minimum atomic E-state index is -3.39. The number of hydrogen-bond acceptors (Lipinski definition) is 6. The van der Waals surface area contributed by atoms with E-state index in [0.717, 1.165) is 35.9 Å². The molecule has 3 heterocycles. The molecule has 0 saturated carbocycles. The van der Waals surface area contributed by atoms with E-state index in [1.807, 2.05) is 19.2 Å². The van der Waals surface area contributed by atoms with Crippen LogP contribution in [0, 0.1) is 13.8 Å². The molecular weight excluding hydrogens is 374 g/mol. The standard InChI is InChI=1S/C17H25N3O2S3/c1-4-5-6-19-7-9-20(10-8-19)25(21,22)16-11-15(12-23-16)17-18-13(2)14(3)24-17/h11-12H,4-10H2,1-3H3. The second kappa shape index (κ2) is 7.84. The Morgan fingerprint density at radius 2 is 1.92 bits per heavy atom. The maximum atomic E-state index is 12.9. The number of nitrogens with zero attached hydrogens (tertiary/aromatic N) is 3. The van der Waals surface area contributed by atoms with Crippen molar-refractivity contribution >= 4 is 32.7 Å². The molecule has 1 fully saturated rings. The zero-order valence-electron chi connectivity index (χ0n) is 15.0. The first-order chi connectivity index (χ1) is 11.9. The lowest BCUT2D eigenvalue weighted by Gasteiger charge is -2.33. The summed E-state index contributed by atoms with van der Waals surface area (Å²) in [6, 6.07) is 1.78. The Labute approximate surface area is 158 Å². The lowest BCUT2D eigenvalue weighted by molar-refractivity contribution is 0.186. The van der Waals surface area contributed by atoms with Gasteiger partial charge in [0.1, 0.15) is 9.22 Å². The molecule has 0 spiro atoms. The number of piperazine rings is 1. The summed E-state index contributed by atoms with van der Waals surface area (Å²) in [4.78, 5) is 8.07. The first-order valence-corrected chi connectivity index (χ1v) is 11.8. The van der Waals surface area contributed by atoms with Crippen LogP contribution in [0.1, 0.15) is 30.3 Å². The van der Waals surface area contributed by atoms with Gasteiger partial charge in [-0.05, 0) is 32.9 Å². The Kier molecular flexibility index (Phi) is 5.95. The third-order valence-corrected chi connectivity index (χ3v) is 9.04. The second-order valence-electron chi connectivity index (χ2n) is 6.41. The predicted molar refractivity (Wildman–Crippen MR) is 105 cm³/mol. The topological polar surface area (TPSA) is 53.5 Å². The van der Waals surface area contributed by atoms with Gasteiger partial charge >= 0.3 is 0 Å². The minimum absolute atomic E-state index is 0.426. The normalized spacial score (nSPS) is 17.2. The van der Waals surface area contributed by atoms with Crippen molar-refractivity contribution in [3.05, 3.63) is 22.0 Å². The summed E-state index contributed by atoms with van der Waals surface area (Å²) in [6.07, 6.45) is 2.35. The number of rotatable bonds is 6. The Morgan fingerprint density at radius 1 is 1.20 bits per heavy atom. The summed E-state index contributed by atoms with van der Waals surface area (Å²) in [6.45, 7) is 10.1. The predicted octanol–water partition coefficient (Wildman–Crippen LogP) is 3.59. The molecule has 25 heavy (non-hydrogen) atoms. The van der Waals surface area contributed by atoms with E-state index in [1.165, 1.54) is 29.1 Å². The van der Waals surface area contributed by atoms with Crippen LogP contribution in [0.5, 0.6) is 0 Å². The zero-order chi connectivity index (χ0) is 18.0. The van der Waals surface area contributed by atoms with Crippen LogP contribution in [-0.4, -0.2) is 55.3 Å². The summed E-state index contributed by atoms with van der Waals surface area (Å²) >= 11 is 2.91. The van der Waals surface area contributed by atoms with Crippen LogP contribution in [-0.2, 0) is 10.0 Å². The van der Waals surface area contributed by atoms with Crippen molar-refractivity contribution in [2.45, 2.75) is 37.8 Å². The average Bonchev–Trinajstić information content (AvgIpc) is 3.21. The third-order valence-electron chi connectivity index (χ3n) is 4.60. The smallest absolute Gasteiger partial charge is 0.252 e. The molecule has 5 nitrogen and oxygen atoms in total. The summed E-state index contributed by atoms with van der Waals surface area (Å²) < 4.78 is 27.9. The zero-order valence-corrected chi connectivity index (χ0v) is 17.4. The number of thiazole rings is 1. The second-order valence-corrected chi connectivity index (χ2v) is 10.7. The maximum absolute atomic E-state index is 12.9. The molecule has 0 aromatic carbocycles. The molecule has 2 aromatic heterocycles. The van der Waals surface area contributed by atoms with Crippen molar-refractivity contribution in [3.63, 3.8) is 0 Å². The number of aromatic nitrogens is 1. The highest BCUT2D eigenvalue weighted by atomic mass is 32.2. The molecule has 0 N–H and O–H groups in total. The van der Waals surface area contributed by atoms with Gasteiger partial charge in [-0.15, -0.1) is 22.7 Å². The molecular formula is C17H25N3O2S3. The summed E-state index contributed by atoms with van der Waals surface area (Å²) in [5, 5.41) is 2.80. The van der Waals surface area contributed by atoms with Crippen molar-refractivity contribution in [2.75, 3.05) is 32.7 Å². The van der Waals surface area contributed by atoms with E-state index >= 15 is 0 Å². The van der Waals surface area contributed by atoms with Gasteiger partial charge in [-0.2, -0.15) is 4.31 Å². The summed E-state index contributed by atoms with van der Waals surface area (Å²) in [7, 11) is -3.39. The number of thiophene rings is 1. The van der Waals surface area contributed by atoms with Crippen molar-refractivity contribution < 1.29 is 8.42 Å². The fraction of sp³-hybridized carbons (Fsp3) is 0.588. The molecule has 1 saturated heterocycles. The van der Waals surface area contributed by atoms with E-state index in [2.05, 4.69) is 16.8 Å². The van der Waals surface area contributed by atoms with Gasteiger partial charge in [0.05, 0.1) is 5.69 Å². The first-order valence-electron chi connectivity index (χ1n) is 8.67. The van der Waals surface area contributed by atoms with Gasteiger partial charge < -0.3 is 4.90 Å². The van der Waals surface area contributed by atoms with E-state index in [1.54, 1.807) is 21.7 Å². The number of sulfonamides is 1. The molecule has 2 aromatic rings. The highest BCUT2D eigenvalue weighted by Crippen LogP contribution is 2.33. The van der Waals surface area contributed by atoms with Gasteiger partial charge in [0.15, 0.2) is 0 Å². The van der Waals surface area contributed by atoms with Crippen LogP contribution >= 0.6 is 22.7 Å². The van der Waals surface area contributed by atoms with Crippen LogP contribution in [0.25, 0.3) is 10.6 Å². The van der Waals surface area contributed by atoms with Crippen LogP contribution in [0.4, 0.5) is 0 Å². The van der Waals surface area contributed by atoms with Crippen LogP contribution in [0.3, 0.4) is 0 Å². The largest absolute Gasteiger partial charge is 0.301 e. The van der Waals surface area contributed by atoms with Crippen molar-refractivity contribution in [3.8, 4) is 10.6 Å². The number of unbranched alkanes of at least 4 members (excludes halogenated alkanes) is 1. The van der Waals surface area contributed by atoms with Crippen molar-refractivity contribution in [1.82, 2.24) is 14.2 Å². The van der Waals surface area contributed by atoms with Gasteiger partial charge in [-0.1, -0.05) is 13.3 Å². The molecule has 1 aliphatic rings. The fourth-order valence-electron chi connectivity index (χ4n) is 2.86. The highest BCUT2D eigenvalue weighted by molar-refractivity contribution is 7.91. The number of aryl methyl sites for hydroxylation is 2. The van der Waals surface area contributed by atoms with E-state index in [9.17, 15) is 8.42 Å². The Balaban J connectivity index is 1.71. The molecule has 138 valence electrons. The summed E-state index contributed by atoms with van der Waals surface area (Å²) in [5.74, 6) is 0. The Hall–Kier alpha value is -0.800. The fourth-order valence-corrected chi connectivity index (χ4v) is 6.58. The molecule has 0 aliphatic carbocycles. The van der Waals surface area contributed by atoms with Gasteiger partial charge in [0.25, 0.3) is 10.0 Å². The number of hydrogen-bond donors (Lipinski definition) is 0. The molecule has 8 heteroatoms. The molecule has 0 radical (unpaired) electrons. The van der Waals surface area contributed by atoms with Crippen LogP contribution in [0.2, 0.25) is 0 Å². The lowest BCUT2D eigenvalue weighted by Crippen LogP contribution is -2.48. The SMILES string of the molecule is CCCCN1CCN(S(=O)(=O)c2cc(-c3nc(C)c(C)s3)cs2)CC1. The van der Waals surface area contributed by atoms with E-state index < -0.39 is 10.0 Å². The Bertz CT molecular complexity index is 799. The molecule has 1 aliphatic heterocycles. The van der Waals surface area contributed by atoms with Crippen LogP contribution in [0.15, 0.2) is 15.7 Å². The highest BCUT2D eigenvalue weighted by Gasteiger charge is 2.29. The third kappa shape index (κ3) is 4.14. The van der Waals surface area contributed by atoms with Crippen LogP contribution < -0.4 is 0 Å². The van der Waals surface area contributed by atoms with Gasteiger partial charge in [0, 0.05) is 42.0 Å². The molecule has 0 bridgehead atoms. The van der Waals surface area contributed by atoms with Crippen molar-refractivity contribution in [1.29, 1.82) is 0 Å². The van der Waals surface area contributed by atoms with E-state index in [-0.39, 0.29) is 0 Å². The Morgan fingerprint density at radius 3 is 2.52 bits per heavy atom. The van der Waals surface area contributed by atoms with Gasteiger partial charge in [-0.25, -0.2) is 13.4 Å². The van der Waals surface area contributed by atoms with Gasteiger partial charge in [-0.3, -0.25) is 0 Å². The monoisotopic (exact) mass is 399 g/mol. The van der Waals surface area contributed by atoms with Gasteiger partial charge in [0.2, 0.25) is 0 Å². The molecule has 3 rings (SSSR count). The summed E-state index contributed by atoms with van der Waals surface area (Å²) in [5.41, 5.74) is 1.92. The first kappa shape index (κ1) is 19.0. The molecule has 0 atom stereocenters. The lowest BCUT2D eigenvalue weighted by atomic mass is 10.3. The van der Waals surface area contributed by atoms with Crippen molar-refractivity contribution in [2.24, 2.45) is 0 Å². The molecule has 0 amide bonds. The average molecular weight is 400 g/mol. The quantitative estimate of drug-likeness (QED) is 0.745.